The van der Waals surface area contributed by atoms with E-state index in [1.165, 1.54) is 5.56 Å². The Bertz CT molecular complexity index is 994. The van der Waals surface area contributed by atoms with Crippen molar-refractivity contribution >= 4 is 11.9 Å². The zero-order valence-corrected chi connectivity index (χ0v) is 17.5. The van der Waals surface area contributed by atoms with Gasteiger partial charge >= 0.3 is 0 Å². The largest absolute Gasteiger partial charge is 0.478 e. The summed E-state index contributed by atoms with van der Waals surface area (Å²) in [6.45, 7) is 7.80. The lowest BCUT2D eigenvalue weighted by Gasteiger charge is -2.35. The first-order valence-electron chi connectivity index (χ1n) is 10.4. The van der Waals surface area contributed by atoms with Gasteiger partial charge in [0, 0.05) is 50.7 Å². The average molecular weight is 406 g/mol. The number of aryl methyl sites for hydroxylation is 1. The van der Waals surface area contributed by atoms with Gasteiger partial charge in [-0.25, -0.2) is 4.98 Å². The van der Waals surface area contributed by atoms with Gasteiger partial charge in [-0.3, -0.25) is 4.79 Å². The topological polar surface area (TPSA) is 63.5 Å². The Balaban J connectivity index is 1.41. The second kappa shape index (κ2) is 8.98. The molecule has 156 valence electrons. The molecule has 0 bridgehead atoms. The van der Waals surface area contributed by atoms with E-state index in [-0.39, 0.29) is 5.91 Å². The first kappa shape index (κ1) is 19.9. The molecule has 1 aromatic carbocycles. The molecule has 7 heteroatoms. The molecule has 1 aliphatic heterocycles. The summed E-state index contributed by atoms with van der Waals surface area (Å²) in [6.07, 6.45) is 1.96. The standard InChI is InChI=1S/C23H27N5O2/c1-3-30-21-16-18(2)24-23(25-21)27-14-12-26(13-15-27)22(29)20-10-7-11-28(20)17-19-8-5-4-6-9-19/h4-11,16H,3,12-15,17H2,1-2H3. The van der Waals surface area contributed by atoms with Crippen LogP contribution in [0.3, 0.4) is 0 Å². The van der Waals surface area contributed by atoms with E-state index in [1.807, 2.05) is 65.9 Å². The summed E-state index contributed by atoms with van der Waals surface area (Å²) in [4.78, 5) is 26.2. The molecule has 0 radical (unpaired) electrons. The summed E-state index contributed by atoms with van der Waals surface area (Å²) in [5.74, 6) is 1.32. The normalized spacial score (nSPS) is 14.1. The minimum atomic E-state index is 0.0655. The minimum absolute atomic E-state index is 0.0655. The van der Waals surface area contributed by atoms with Gasteiger partial charge < -0.3 is 19.1 Å². The maximum atomic E-state index is 13.1. The molecule has 0 N–H and O–H groups in total. The Hall–Kier alpha value is -3.35. The number of hydrogen-bond donors (Lipinski definition) is 0. The van der Waals surface area contributed by atoms with Gasteiger partial charge in [-0.15, -0.1) is 0 Å². The number of amides is 1. The lowest BCUT2D eigenvalue weighted by molar-refractivity contribution is 0.0735. The average Bonchev–Trinajstić information content (AvgIpc) is 3.22. The number of carbonyl (C=O) groups excluding carboxylic acids is 1. The van der Waals surface area contributed by atoms with Gasteiger partial charge in [-0.05, 0) is 31.5 Å². The van der Waals surface area contributed by atoms with Crippen molar-refractivity contribution in [3.63, 3.8) is 0 Å². The van der Waals surface area contributed by atoms with Crippen molar-refractivity contribution in [3.8, 4) is 5.88 Å². The molecule has 1 amide bonds. The van der Waals surface area contributed by atoms with Crippen LogP contribution in [0.25, 0.3) is 0 Å². The molecule has 0 aliphatic carbocycles. The van der Waals surface area contributed by atoms with Crippen molar-refractivity contribution in [2.45, 2.75) is 20.4 Å². The van der Waals surface area contributed by atoms with E-state index in [0.29, 0.717) is 51.2 Å². The molecular weight excluding hydrogens is 378 g/mol. The number of ether oxygens (including phenoxy) is 1. The molecule has 4 rings (SSSR count). The van der Waals surface area contributed by atoms with Gasteiger partial charge in [0.2, 0.25) is 11.8 Å². The Morgan fingerprint density at radius 2 is 1.80 bits per heavy atom. The van der Waals surface area contributed by atoms with Gasteiger partial charge in [-0.2, -0.15) is 4.98 Å². The number of anilines is 1. The number of benzene rings is 1. The van der Waals surface area contributed by atoms with E-state index in [9.17, 15) is 4.79 Å². The van der Waals surface area contributed by atoms with Crippen molar-refractivity contribution in [2.75, 3.05) is 37.7 Å². The maximum absolute atomic E-state index is 13.1. The smallest absolute Gasteiger partial charge is 0.270 e. The maximum Gasteiger partial charge on any atom is 0.270 e. The van der Waals surface area contributed by atoms with Gasteiger partial charge in [-0.1, -0.05) is 30.3 Å². The fourth-order valence-electron chi connectivity index (χ4n) is 3.69. The Kier molecular flexibility index (Phi) is 5.97. The first-order valence-corrected chi connectivity index (χ1v) is 10.4. The molecule has 0 unspecified atom stereocenters. The molecule has 1 saturated heterocycles. The number of aromatic nitrogens is 3. The van der Waals surface area contributed by atoms with E-state index in [4.69, 9.17) is 4.74 Å². The van der Waals surface area contributed by atoms with Crippen LogP contribution in [-0.4, -0.2) is 58.1 Å². The predicted octanol–water partition coefficient (Wildman–Crippen LogP) is 3.00. The van der Waals surface area contributed by atoms with E-state index < -0.39 is 0 Å². The molecule has 0 atom stereocenters. The van der Waals surface area contributed by atoms with Crippen LogP contribution in [0, 0.1) is 6.92 Å². The SMILES string of the molecule is CCOc1cc(C)nc(N2CCN(C(=O)c3cccn3Cc3ccccc3)CC2)n1. The molecular formula is C23H27N5O2. The number of nitrogens with zero attached hydrogens (tertiary/aromatic N) is 5. The fourth-order valence-corrected chi connectivity index (χ4v) is 3.69. The highest BCUT2D eigenvalue weighted by Gasteiger charge is 2.25. The summed E-state index contributed by atoms with van der Waals surface area (Å²) < 4.78 is 7.56. The van der Waals surface area contributed by atoms with E-state index in [1.54, 1.807) is 0 Å². The van der Waals surface area contributed by atoms with Crippen LogP contribution in [0.15, 0.2) is 54.7 Å². The molecule has 0 spiro atoms. The molecule has 7 nitrogen and oxygen atoms in total. The second-order valence-electron chi connectivity index (χ2n) is 7.37. The summed E-state index contributed by atoms with van der Waals surface area (Å²) in [5, 5.41) is 0. The molecule has 1 fully saturated rings. The summed E-state index contributed by atoms with van der Waals surface area (Å²) in [7, 11) is 0. The third kappa shape index (κ3) is 4.45. The van der Waals surface area contributed by atoms with Crippen LogP contribution in [0.1, 0.15) is 28.7 Å². The second-order valence-corrected chi connectivity index (χ2v) is 7.37. The number of hydrogen-bond acceptors (Lipinski definition) is 5. The zero-order valence-electron chi connectivity index (χ0n) is 17.5. The summed E-state index contributed by atoms with van der Waals surface area (Å²) in [6, 6.07) is 15.9. The number of carbonyl (C=O) groups is 1. The van der Waals surface area contributed by atoms with Gasteiger partial charge in [0.1, 0.15) is 5.69 Å². The van der Waals surface area contributed by atoms with Gasteiger partial charge in [0.15, 0.2) is 0 Å². The number of piperazine rings is 1. The van der Waals surface area contributed by atoms with Crippen molar-refractivity contribution in [1.29, 1.82) is 0 Å². The van der Waals surface area contributed by atoms with Crippen LogP contribution in [-0.2, 0) is 6.54 Å². The van der Waals surface area contributed by atoms with E-state index in [0.717, 1.165) is 11.4 Å². The van der Waals surface area contributed by atoms with Gasteiger partial charge in [0.25, 0.3) is 5.91 Å². The van der Waals surface area contributed by atoms with Crippen molar-refractivity contribution in [2.24, 2.45) is 0 Å². The molecule has 3 aromatic rings. The Morgan fingerprint density at radius 1 is 1.03 bits per heavy atom. The molecule has 3 heterocycles. The fraction of sp³-hybridized carbons (Fsp3) is 0.348. The molecule has 30 heavy (non-hydrogen) atoms. The quantitative estimate of drug-likeness (QED) is 0.631. The molecule has 0 saturated carbocycles. The van der Waals surface area contributed by atoms with E-state index in [2.05, 4.69) is 27.0 Å². The monoisotopic (exact) mass is 405 g/mol. The first-order chi connectivity index (χ1) is 14.6. The third-order valence-electron chi connectivity index (χ3n) is 5.21. The summed E-state index contributed by atoms with van der Waals surface area (Å²) in [5.41, 5.74) is 2.77. The van der Waals surface area contributed by atoms with Crippen LogP contribution in [0.5, 0.6) is 5.88 Å². The summed E-state index contributed by atoms with van der Waals surface area (Å²) >= 11 is 0. The molecule has 2 aromatic heterocycles. The number of rotatable bonds is 6. The van der Waals surface area contributed by atoms with Crippen LogP contribution >= 0.6 is 0 Å². The lowest BCUT2D eigenvalue weighted by atomic mass is 10.2. The van der Waals surface area contributed by atoms with Crippen molar-refractivity contribution in [3.05, 3.63) is 71.7 Å². The van der Waals surface area contributed by atoms with E-state index >= 15 is 0 Å². The van der Waals surface area contributed by atoms with Crippen LogP contribution in [0.4, 0.5) is 5.95 Å². The van der Waals surface area contributed by atoms with Crippen molar-refractivity contribution < 1.29 is 9.53 Å². The lowest BCUT2D eigenvalue weighted by Crippen LogP contribution is -2.49. The third-order valence-corrected chi connectivity index (χ3v) is 5.21. The highest BCUT2D eigenvalue weighted by Crippen LogP contribution is 2.18. The Morgan fingerprint density at radius 3 is 2.53 bits per heavy atom. The van der Waals surface area contributed by atoms with Gasteiger partial charge in [0.05, 0.1) is 6.61 Å². The molecule has 1 aliphatic rings. The van der Waals surface area contributed by atoms with Crippen LogP contribution in [0.2, 0.25) is 0 Å². The van der Waals surface area contributed by atoms with Crippen LogP contribution < -0.4 is 9.64 Å². The Labute approximate surface area is 176 Å². The highest BCUT2D eigenvalue weighted by atomic mass is 16.5. The minimum Gasteiger partial charge on any atom is -0.478 e. The highest BCUT2D eigenvalue weighted by molar-refractivity contribution is 5.93. The zero-order chi connectivity index (χ0) is 20.9. The predicted molar refractivity (Wildman–Crippen MR) is 116 cm³/mol. The van der Waals surface area contributed by atoms with Crippen molar-refractivity contribution in [1.82, 2.24) is 19.4 Å².